The summed E-state index contributed by atoms with van der Waals surface area (Å²) in [5.74, 6) is 0.831. The Labute approximate surface area is 159 Å². The molecular weight excluding hydrogens is 366 g/mol. The fourth-order valence-corrected chi connectivity index (χ4v) is 2.33. The number of nitrogens with zero attached hydrogens (tertiary/aromatic N) is 4. The van der Waals surface area contributed by atoms with Crippen molar-refractivity contribution in [3.63, 3.8) is 0 Å². The molecule has 0 saturated carbocycles. The van der Waals surface area contributed by atoms with Crippen molar-refractivity contribution in [3.05, 3.63) is 54.9 Å². The molecule has 0 fully saturated rings. The highest BCUT2D eigenvalue weighted by Crippen LogP contribution is 2.21. The van der Waals surface area contributed by atoms with Gasteiger partial charge in [-0.25, -0.2) is 14.6 Å². The smallest absolute Gasteiger partial charge is 0.432 e. The number of carbonyl (C=O) groups excluding carboxylic acids is 2. The predicted molar refractivity (Wildman–Crippen MR) is 96.6 cm³/mol. The van der Waals surface area contributed by atoms with Crippen molar-refractivity contribution in [3.8, 4) is 23.1 Å². The van der Waals surface area contributed by atoms with E-state index in [1.165, 1.54) is 12.4 Å². The van der Waals surface area contributed by atoms with Gasteiger partial charge in [0.15, 0.2) is 5.82 Å². The number of hydrogen-bond acceptors (Lipinski definition) is 8. The van der Waals surface area contributed by atoms with E-state index in [0.717, 1.165) is 0 Å². The average Bonchev–Trinajstić information content (AvgIpc) is 3.16. The summed E-state index contributed by atoms with van der Waals surface area (Å²) in [7, 11) is 0. The van der Waals surface area contributed by atoms with Crippen LogP contribution in [0.4, 0.5) is 9.59 Å². The number of pyridine rings is 1. The molecule has 0 aliphatic rings. The zero-order valence-electron chi connectivity index (χ0n) is 14.9. The molecule has 0 saturated heterocycles. The molecular formula is C18H17N5O5. The van der Waals surface area contributed by atoms with E-state index in [1.807, 2.05) is 13.0 Å². The summed E-state index contributed by atoms with van der Waals surface area (Å²) < 4.78 is 16.7. The van der Waals surface area contributed by atoms with E-state index in [4.69, 9.17) is 19.9 Å². The summed E-state index contributed by atoms with van der Waals surface area (Å²) in [4.78, 5) is 26.9. The Morgan fingerprint density at radius 2 is 1.89 bits per heavy atom. The van der Waals surface area contributed by atoms with Gasteiger partial charge in [-0.15, -0.1) is 10.2 Å². The molecule has 1 aromatic carbocycles. The molecule has 10 nitrogen and oxygen atoms in total. The Hall–Kier alpha value is -3.95. The highest BCUT2D eigenvalue weighted by Gasteiger charge is 2.17. The van der Waals surface area contributed by atoms with Gasteiger partial charge in [0.1, 0.15) is 24.4 Å². The third-order valence-corrected chi connectivity index (χ3v) is 3.59. The van der Waals surface area contributed by atoms with E-state index in [0.29, 0.717) is 17.3 Å². The third-order valence-electron chi connectivity index (χ3n) is 3.59. The largest absolute Gasteiger partial charge is 0.513 e. The first-order chi connectivity index (χ1) is 13.5. The molecule has 28 heavy (non-hydrogen) atoms. The molecule has 1 amide bonds. The Bertz CT molecular complexity index is 960. The molecule has 2 aromatic heterocycles. The van der Waals surface area contributed by atoms with Crippen LogP contribution in [-0.2, 0) is 4.74 Å². The summed E-state index contributed by atoms with van der Waals surface area (Å²) in [6.45, 7) is 1.83. The third kappa shape index (κ3) is 4.81. The van der Waals surface area contributed by atoms with Gasteiger partial charge in [-0.05, 0) is 25.1 Å². The minimum absolute atomic E-state index is 0.0220. The first-order valence-electron chi connectivity index (χ1n) is 8.27. The van der Waals surface area contributed by atoms with Crippen molar-refractivity contribution in [2.45, 2.75) is 13.0 Å². The van der Waals surface area contributed by atoms with Gasteiger partial charge in [0, 0.05) is 6.07 Å². The van der Waals surface area contributed by atoms with E-state index in [2.05, 4.69) is 15.2 Å². The number of nitrogens with two attached hydrogens (primary N) is 1. The number of aromatic nitrogens is 4. The van der Waals surface area contributed by atoms with Gasteiger partial charge < -0.3 is 24.5 Å². The van der Waals surface area contributed by atoms with Crippen LogP contribution in [0.2, 0.25) is 0 Å². The number of primary amides is 1. The highest BCUT2D eigenvalue weighted by atomic mass is 16.7. The van der Waals surface area contributed by atoms with Gasteiger partial charge >= 0.3 is 12.2 Å². The number of carbonyl (C=O) groups is 2. The fraction of sp³-hybridized carbons (Fsp3) is 0.167. The van der Waals surface area contributed by atoms with Crippen LogP contribution in [0.3, 0.4) is 0 Å². The van der Waals surface area contributed by atoms with E-state index in [1.54, 1.807) is 41.0 Å². The van der Waals surface area contributed by atoms with E-state index in [-0.39, 0.29) is 18.5 Å². The number of ether oxygens (including phenoxy) is 3. The molecule has 2 N–H and O–H groups in total. The quantitative estimate of drug-likeness (QED) is 0.507. The molecule has 1 atom stereocenters. The summed E-state index contributed by atoms with van der Waals surface area (Å²) in [5.41, 5.74) is 5.41. The zero-order valence-corrected chi connectivity index (χ0v) is 14.9. The van der Waals surface area contributed by atoms with Crippen molar-refractivity contribution in [1.29, 1.82) is 0 Å². The Kier molecular flexibility index (Phi) is 5.80. The lowest BCUT2D eigenvalue weighted by Crippen LogP contribution is -2.19. The molecule has 10 heteroatoms. The van der Waals surface area contributed by atoms with Crippen molar-refractivity contribution in [1.82, 2.24) is 19.7 Å². The normalized spacial score (nSPS) is 11.5. The lowest BCUT2D eigenvalue weighted by atomic mass is 10.3. The summed E-state index contributed by atoms with van der Waals surface area (Å²) in [6, 6.07) is 13.1. The zero-order chi connectivity index (χ0) is 19.9. The standard InChI is InChI=1S/C18H17N5O5/c1-12(10-26-18(25)27-13-6-3-2-4-7-13)23-11-20-22-16(23)14-8-5-9-15(21-14)28-17(19)24/h2-9,11-12H,10H2,1H3,(H2,19,24). The number of para-hydroxylation sites is 1. The lowest BCUT2D eigenvalue weighted by Gasteiger charge is -2.15. The minimum atomic E-state index is -0.968. The van der Waals surface area contributed by atoms with Crippen LogP contribution in [-0.4, -0.2) is 38.6 Å². The number of amides is 1. The summed E-state index contributed by atoms with van der Waals surface area (Å²) in [5, 5.41) is 7.90. The van der Waals surface area contributed by atoms with Crippen LogP contribution in [0.25, 0.3) is 11.5 Å². The van der Waals surface area contributed by atoms with Gasteiger partial charge in [-0.1, -0.05) is 24.3 Å². The molecule has 0 spiro atoms. The van der Waals surface area contributed by atoms with E-state index >= 15 is 0 Å². The van der Waals surface area contributed by atoms with Crippen molar-refractivity contribution in [2.24, 2.45) is 5.73 Å². The summed E-state index contributed by atoms with van der Waals surface area (Å²) >= 11 is 0. The topological polar surface area (TPSA) is 131 Å². The van der Waals surface area contributed by atoms with Crippen LogP contribution in [0.1, 0.15) is 13.0 Å². The SMILES string of the molecule is CC(COC(=O)Oc1ccccc1)n1cnnc1-c1cccc(OC(N)=O)n1. The van der Waals surface area contributed by atoms with Crippen LogP contribution in [0.15, 0.2) is 54.9 Å². The number of benzene rings is 1. The minimum Gasteiger partial charge on any atom is -0.432 e. The van der Waals surface area contributed by atoms with Gasteiger partial charge in [-0.3, -0.25) is 0 Å². The van der Waals surface area contributed by atoms with Gasteiger partial charge in [0.25, 0.3) is 0 Å². The molecule has 2 heterocycles. The van der Waals surface area contributed by atoms with Crippen LogP contribution < -0.4 is 15.2 Å². The fourth-order valence-electron chi connectivity index (χ4n) is 2.33. The van der Waals surface area contributed by atoms with Gasteiger partial charge in [0.05, 0.1) is 6.04 Å². The second kappa shape index (κ2) is 8.62. The summed E-state index contributed by atoms with van der Waals surface area (Å²) in [6.07, 6.45) is -0.303. The average molecular weight is 383 g/mol. The van der Waals surface area contributed by atoms with Crippen molar-refractivity contribution < 1.29 is 23.8 Å². The Morgan fingerprint density at radius 1 is 1.11 bits per heavy atom. The van der Waals surface area contributed by atoms with E-state index in [9.17, 15) is 9.59 Å². The maximum atomic E-state index is 11.8. The molecule has 3 rings (SSSR count). The molecule has 0 aliphatic carbocycles. The first kappa shape index (κ1) is 18.8. The van der Waals surface area contributed by atoms with Gasteiger partial charge in [-0.2, -0.15) is 0 Å². The maximum absolute atomic E-state index is 11.8. The Balaban J connectivity index is 1.66. The lowest BCUT2D eigenvalue weighted by molar-refractivity contribution is 0.0877. The predicted octanol–water partition coefficient (Wildman–Crippen LogP) is 2.57. The molecule has 0 bridgehead atoms. The van der Waals surface area contributed by atoms with E-state index < -0.39 is 12.2 Å². The second-order valence-corrected chi connectivity index (χ2v) is 5.67. The Morgan fingerprint density at radius 3 is 2.64 bits per heavy atom. The maximum Gasteiger partial charge on any atom is 0.513 e. The monoisotopic (exact) mass is 383 g/mol. The van der Waals surface area contributed by atoms with Crippen LogP contribution in [0.5, 0.6) is 11.6 Å². The van der Waals surface area contributed by atoms with Crippen molar-refractivity contribution in [2.75, 3.05) is 6.61 Å². The van der Waals surface area contributed by atoms with Crippen LogP contribution in [0, 0.1) is 0 Å². The number of hydrogen-bond donors (Lipinski definition) is 1. The molecule has 0 radical (unpaired) electrons. The highest BCUT2D eigenvalue weighted by molar-refractivity contribution is 5.67. The van der Waals surface area contributed by atoms with Crippen LogP contribution >= 0.6 is 0 Å². The molecule has 144 valence electrons. The first-order valence-corrected chi connectivity index (χ1v) is 8.27. The molecule has 3 aromatic rings. The second-order valence-electron chi connectivity index (χ2n) is 5.67. The van der Waals surface area contributed by atoms with Gasteiger partial charge in [0.2, 0.25) is 5.88 Å². The van der Waals surface area contributed by atoms with Crippen molar-refractivity contribution >= 4 is 12.2 Å². The number of rotatable bonds is 6. The molecule has 1 unspecified atom stereocenters. The molecule has 0 aliphatic heterocycles.